The van der Waals surface area contributed by atoms with Crippen molar-refractivity contribution in [1.82, 2.24) is 5.32 Å². The van der Waals surface area contributed by atoms with Crippen molar-refractivity contribution in [3.63, 3.8) is 0 Å². The molecule has 0 radical (unpaired) electrons. The van der Waals surface area contributed by atoms with E-state index in [0.717, 1.165) is 19.3 Å². The fraction of sp³-hybridized carbons (Fsp3) is 0.529. The number of phenolic OH excluding ortho intramolecular Hbond substituents is 1. The zero-order valence-electron chi connectivity index (χ0n) is 15.4. The molecule has 0 fully saturated rings. The van der Waals surface area contributed by atoms with Crippen molar-refractivity contribution in [2.45, 2.75) is 51.9 Å². The van der Waals surface area contributed by atoms with Crippen LogP contribution in [0.15, 0.2) is 18.2 Å². The molecule has 0 saturated carbocycles. The van der Waals surface area contributed by atoms with Gasteiger partial charge in [0, 0.05) is 12.0 Å². The second-order valence-electron chi connectivity index (χ2n) is 5.28. The Morgan fingerprint density at radius 3 is 2.48 bits per heavy atom. The zero-order chi connectivity index (χ0) is 16.4. The van der Waals surface area contributed by atoms with Crippen LogP contribution in [-0.2, 0) is 4.79 Å². The molecule has 5 nitrogen and oxygen atoms in total. The Kier molecular flexibility index (Phi) is 11.8. The molecule has 1 aromatic rings. The summed E-state index contributed by atoms with van der Waals surface area (Å²) in [6, 6.07) is 4.22. The summed E-state index contributed by atoms with van der Waals surface area (Å²) in [5.41, 5.74) is 0.283. The maximum Gasteiger partial charge on any atom is 1.00 e. The Balaban J connectivity index is 0. The average Bonchev–Trinajstić information content (AvgIpc) is 2.51. The van der Waals surface area contributed by atoms with E-state index in [-0.39, 0.29) is 54.0 Å². The Hall–Kier alpha value is -1.04. The van der Waals surface area contributed by atoms with E-state index >= 15 is 0 Å². The summed E-state index contributed by atoms with van der Waals surface area (Å²) in [6.07, 6.45) is 6.91. The molecule has 6 heteroatoms. The molecule has 0 heterocycles. The second-order valence-corrected chi connectivity index (χ2v) is 5.28. The van der Waals surface area contributed by atoms with Crippen LogP contribution in [0.4, 0.5) is 0 Å². The molecule has 124 valence electrons. The number of carbonyl (C=O) groups excluding carboxylic acids is 2. The standard InChI is InChI=1S/C17H25NO4.Na.H/c1-3-4-5-6-7-8-9-16(20)18-17(21)13-10-11-14(19)15(12-13)22-2;;/h10-12,19H,3-9H2,1-2H3,(H,18,20,21);;/q;+1;-1. The summed E-state index contributed by atoms with van der Waals surface area (Å²) in [6.45, 7) is 2.16. The normalized spacial score (nSPS) is 9.83. The van der Waals surface area contributed by atoms with Crippen molar-refractivity contribution < 1.29 is 50.4 Å². The Bertz CT molecular complexity index is 511. The predicted molar refractivity (Wildman–Crippen MR) is 86.2 cm³/mol. The third kappa shape index (κ3) is 8.39. The summed E-state index contributed by atoms with van der Waals surface area (Å²) in [4.78, 5) is 23.7. The molecule has 0 bridgehead atoms. The van der Waals surface area contributed by atoms with E-state index in [1.807, 2.05) is 0 Å². The summed E-state index contributed by atoms with van der Waals surface area (Å²) >= 11 is 0. The third-order valence-corrected chi connectivity index (χ3v) is 3.45. The van der Waals surface area contributed by atoms with E-state index in [9.17, 15) is 14.7 Å². The van der Waals surface area contributed by atoms with Gasteiger partial charge in [-0.1, -0.05) is 39.0 Å². The van der Waals surface area contributed by atoms with E-state index in [4.69, 9.17) is 4.74 Å². The van der Waals surface area contributed by atoms with Gasteiger partial charge in [-0.3, -0.25) is 14.9 Å². The number of amides is 2. The number of hydrogen-bond acceptors (Lipinski definition) is 4. The fourth-order valence-corrected chi connectivity index (χ4v) is 2.15. The van der Waals surface area contributed by atoms with Crippen LogP contribution >= 0.6 is 0 Å². The van der Waals surface area contributed by atoms with Gasteiger partial charge in [-0.15, -0.1) is 0 Å². The number of carbonyl (C=O) groups is 2. The number of imide groups is 1. The number of aromatic hydroxyl groups is 1. The molecule has 0 saturated heterocycles. The van der Waals surface area contributed by atoms with Gasteiger partial charge in [0.05, 0.1) is 7.11 Å². The van der Waals surface area contributed by atoms with Crippen LogP contribution in [0.1, 0.15) is 63.7 Å². The van der Waals surface area contributed by atoms with Gasteiger partial charge in [0.2, 0.25) is 5.91 Å². The first-order valence-corrected chi connectivity index (χ1v) is 7.79. The zero-order valence-corrected chi connectivity index (χ0v) is 16.4. The first-order chi connectivity index (χ1) is 10.6. The maximum atomic E-state index is 11.9. The smallest absolute Gasteiger partial charge is 1.00 e. The molecule has 0 aliphatic rings. The first kappa shape index (κ1) is 22.0. The van der Waals surface area contributed by atoms with Gasteiger partial charge >= 0.3 is 29.6 Å². The van der Waals surface area contributed by atoms with E-state index in [2.05, 4.69) is 12.2 Å². The van der Waals surface area contributed by atoms with Crippen LogP contribution < -0.4 is 39.6 Å². The number of benzene rings is 1. The average molecular weight is 331 g/mol. The SMILES string of the molecule is CCCCCCCCC(=O)NC(=O)c1ccc(O)c(OC)c1.[H-].[Na+]. The molecule has 0 aliphatic heterocycles. The van der Waals surface area contributed by atoms with Crippen LogP contribution in [0.5, 0.6) is 11.5 Å². The summed E-state index contributed by atoms with van der Waals surface area (Å²) in [5, 5.41) is 11.8. The van der Waals surface area contributed by atoms with E-state index in [1.54, 1.807) is 0 Å². The second kappa shape index (κ2) is 12.4. The quantitative estimate of drug-likeness (QED) is 0.511. The number of phenols is 1. The minimum absolute atomic E-state index is 0. The molecule has 2 amide bonds. The number of ether oxygens (including phenoxy) is 1. The van der Waals surface area contributed by atoms with E-state index < -0.39 is 5.91 Å². The Labute approximate surface area is 161 Å². The van der Waals surface area contributed by atoms with Gasteiger partial charge in [0.1, 0.15) is 0 Å². The van der Waals surface area contributed by atoms with Gasteiger partial charge < -0.3 is 11.3 Å². The van der Waals surface area contributed by atoms with Crippen LogP contribution in [0, 0.1) is 0 Å². The summed E-state index contributed by atoms with van der Waals surface area (Å²) < 4.78 is 4.94. The number of unbranched alkanes of at least 4 members (excludes halogenated alkanes) is 5. The minimum Gasteiger partial charge on any atom is -1.00 e. The molecule has 0 spiro atoms. The van der Waals surface area contributed by atoms with Gasteiger partial charge in [-0.25, -0.2) is 0 Å². The number of nitrogens with one attached hydrogen (secondary N) is 1. The maximum absolute atomic E-state index is 11.9. The predicted octanol–water partition coefficient (Wildman–Crippen LogP) is 0.524. The van der Waals surface area contributed by atoms with Gasteiger partial charge in [0.15, 0.2) is 11.5 Å². The van der Waals surface area contributed by atoms with Gasteiger partial charge in [-0.2, -0.15) is 0 Å². The Morgan fingerprint density at radius 1 is 1.17 bits per heavy atom. The molecular formula is C17H26NNaO4. The Morgan fingerprint density at radius 2 is 1.83 bits per heavy atom. The number of methoxy groups -OCH3 is 1. The van der Waals surface area contributed by atoms with Gasteiger partial charge in [0.25, 0.3) is 5.91 Å². The molecule has 23 heavy (non-hydrogen) atoms. The molecule has 0 aromatic heterocycles. The van der Waals surface area contributed by atoms with Crippen molar-refractivity contribution in [2.24, 2.45) is 0 Å². The summed E-state index contributed by atoms with van der Waals surface area (Å²) in [7, 11) is 1.40. The van der Waals surface area contributed by atoms with Crippen LogP contribution in [0.2, 0.25) is 0 Å². The minimum atomic E-state index is -0.478. The van der Waals surface area contributed by atoms with Crippen molar-refractivity contribution in [3.8, 4) is 11.5 Å². The monoisotopic (exact) mass is 331 g/mol. The van der Waals surface area contributed by atoms with Crippen LogP contribution in [-0.4, -0.2) is 24.0 Å². The van der Waals surface area contributed by atoms with Crippen LogP contribution in [0.25, 0.3) is 0 Å². The largest absolute Gasteiger partial charge is 1.00 e. The number of rotatable bonds is 9. The van der Waals surface area contributed by atoms with Crippen molar-refractivity contribution in [1.29, 1.82) is 0 Å². The first-order valence-electron chi connectivity index (χ1n) is 7.79. The molecule has 1 aromatic carbocycles. The molecule has 0 aliphatic carbocycles. The van der Waals surface area contributed by atoms with E-state index in [1.165, 1.54) is 44.6 Å². The fourth-order valence-electron chi connectivity index (χ4n) is 2.15. The third-order valence-electron chi connectivity index (χ3n) is 3.45. The summed E-state index contributed by atoms with van der Waals surface area (Å²) in [5.74, 6) is -0.588. The van der Waals surface area contributed by atoms with E-state index in [0.29, 0.717) is 6.42 Å². The molecular weight excluding hydrogens is 305 g/mol. The van der Waals surface area contributed by atoms with Crippen molar-refractivity contribution in [2.75, 3.05) is 7.11 Å². The van der Waals surface area contributed by atoms with Gasteiger partial charge in [-0.05, 0) is 24.6 Å². The molecule has 2 N–H and O–H groups in total. The molecule has 0 unspecified atom stereocenters. The molecule has 1 rings (SSSR count). The van der Waals surface area contributed by atoms with Crippen molar-refractivity contribution >= 4 is 11.8 Å². The van der Waals surface area contributed by atoms with Crippen LogP contribution in [0.3, 0.4) is 0 Å². The topological polar surface area (TPSA) is 75.6 Å². The number of hydrogen-bond donors (Lipinski definition) is 2. The van der Waals surface area contributed by atoms with Crippen molar-refractivity contribution in [3.05, 3.63) is 23.8 Å². The molecule has 0 atom stereocenters.